The van der Waals surface area contributed by atoms with Gasteiger partial charge in [0.2, 0.25) is 0 Å². The third-order valence-electron chi connectivity index (χ3n) is 1.89. The topological polar surface area (TPSA) is 49.3 Å². The van der Waals surface area contributed by atoms with E-state index in [9.17, 15) is 4.79 Å². The van der Waals surface area contributed by atoms with Gasteiger partial charge in [-0.15, -0.1) is 5.92 Å². The summed E-state index contributed by atoms with van der Waals surface area (Å²) in [5.41, 5.74) is 1.27. The van der Waals surface area contributed by atoms with Crippen molar-refractivity contribution < 1.29 is 9.90 Å². The van der Waals surface area contributed by atoms with Crippen molar-refractivity contribution in [3.63, 3.8) is 0 Å². The Kier molecular flexibility index (Phi) is 4.39. The minimum Gasteiger partial charge on any atom is -0.478 e. The third-order valence-corrected chi connectivity index (χ3v) is 1.89. The molecule has 15 heavy (non-hydrogen) atoms. The first-order valence-corrected chi connectivity index (χ1v) is 4.66. The summed E-state index contributed by atoms with van der Waals surface area (Å²) in [6.07, 6.45) is 0. The maximum atomic E-state index is 10.7. The van der Waals surface area contributed by atoms with Gasteiger partial charge in [-0.05, 0) is 24.6 Å². The van der Waals surface area contributed by atoms with Gasteiger partial charge in [-0.2, -0.15) is 0 Å². The van der Waals surface area contributed by atoms with Crippen LogP contribution < -0.4 is 5.32 Å². The second kappa shape index (κ2) is 5.84. The molecule has 78 valence electrons. The molecule has 0 bridgehead atoms. The van der Waals surface area contributed by atoms with E-state index in [1.54, 1.807) is 25.1 Å². The summed E-state index contributed by atoms with van der Waals surface area (Å²) in [5.74, 6) is 4.76. The Morgan fingerprint density at radius 1 is 1.53 bits per heavy atom. The Morgan fingerprint density at radius 2 is 2.33 bits per heavy atom. The molecule has 0 fully saturated rings. The lowest BCUT2D eigenvalue weighted by Gasteiger charge is -2.02. The largest absolute Gasteiger partial charge is 0.478 e. The Bertz CT molecular complexity index is 402. The number of carboxylic acid groups (broad SMARTS) is 1. The van der Waals surface area contributed by atoms with Crippen molar-refractivity contribution >= 4 is 5.97 Å². The molecule has 0 saturated carbocycles. The average molecular weight is 203 g/mol. The average Bonchev–Trinajstić information content (AvgIpc) is 2.25. The number of hydrogen-bond acceptors (Lipinski definition) is 2. The summed E-state index contributed by atoms with van der Waals surface area (Å²) in [4.78, 5) is 10.7. The number of hydrogen-bond donors (Lipinski definition) is 2. The van der Waals surface area contributed by atoms with Crippen LogP contribution in [-0.4, -0.2) is 17.6 Å². The zero-order chi connectivity index (χ0) is 11.1. The van der Waals surface area contributed by atoms with E-state index in [0.29, 0.717) is 18.7 Å². The van der Waals surface area contributed by atoms with Gasteiger partial charge < -0.3 is 10.4 Å². The molecule has 2 N–H and O–H groups in total. The molecule has 0 saturated heterocycles. The predicted octanol–water partition coefficient (Wildman–Crippen LogP) is 1.50. The lowest BCUT2D eigenvalue weighted by atomic mass is 10.1. The third kappa shape index (κ3) is 3.84. The van der Waals surface area contributed by atoms with Crippen LogP contribution >= 0.6 is 0 Å². The van der Waals surface area contributed by atoms with Crippen LogP contribution in [0.25, 0.3) is 0 Å². The first-order valence-electron chi connectivity index (χ1n) is 4.66. The second-order valence-electron chi connectivity index (χ2n) is 3.04. The minimum atomic E-state index is -0.898. The molecule has 3 nitrogen and oxygen atoms in total. The standard InChI is InChI=1S/C12H13NO2/c1-2-3-7-13-9-10-5-4-6-11(8-10)12(14)15/h4-6,8,13H,7,9H2,1H3,(H,14,15). The van der Waals surface area contributed by atoms with Gasteiger partial charge >= 0.3 is 5.97 Å². The summed E-state index contributed by atoms with van der Waals surface area (Å²) >= 11 is 0. The van der Waals surface area contributed by atoms with Crippen LogP contribution in [0.15, 0.2) is 24.3 Å². The molecule has 3 heteroatoms. The molecule has 0 unspecified atom stereocenters. The molecular weight excluding hydrogens is 190 g/mol. The minimum absolute atomic E-state index is 0.316. The predicted molar refractivity (Wildman–Crippen MR) is 58.6 cm³/mol. The van der Waals surface area contributed by atoms with E-state index in [1.165, 1.54) is 0 Å². The molecule has 1 rings (SSSR count). The zero-order valence-electron chi connectivity index (χ0n) is 8.58. The fourth-order valence-corrected chi connectivity index (χ4v) is 1.17. The van der Waals surface area contributed by atoms with E-state index in [2.05, 4.69) is 17.2 Å². The summed E-state index contributed by atoms with van der Waals surface area (Å²) in [6.45, 7) is 3.04. The first-order chi connectivity index (χ1) is 7.24. The number of benzene rings is 1. The Morgan fingerprint density at radius 3 is 3.00 bits per heavy atom. The van der Waals surface area contributed by atoms with Gasteiger partial charge in [0.1, 0.15) is 0 Å². The number of carbonyl (C=O) groups is 1. The summed E-state index contributed by atoms with van der Waals surface area (Å²) in [5, 5.41) is 11.9. The summed E-state index contributed by atoms with van der Waals surface area (Å²) in [6, 6.07) is 6.87. The van der Waals surface area contributed by atoms with E-state index in [1.807, 2.05) is 6.07 Å². The summed E-state index contributed by atoms with van der Waals surface area (Å²) < 4.78 is 0. The number of carboxylic acids is 1. The van der Waals surface area contributed by atoms with Crippen molar-refractivity contribution in [2.45, 2.75) is 13.5 Å². The molecule has 0 heterocycles. The Labute approximate surface area is 89.1 Å². The van der Waals surface area contributed by atoms with Crippen molar-refractivity contribution in [2.75, 3.05) is 6.54 Å². The molecule has 0 spiro atoms. The van der Waals surface area contributed by atoms with Crippen LogP contribution in [0, 0.1) is 11.8 Å². The Hall–Kier alpha value is -1.79. The number of rotatable bonds is 4. The highest BCUT2D eigenvalue weighted by Crippen LogP contribution is 2.04. The van der Waals surface area contributed by atoms with Gasteiger partial charge in [0.15, 0.2) is 0 Å². The maximum Gasteiger partial charge on any atom is 0.335 e. The lowest BCUT2D eigenvalue weighted by Crippen LogP contribution is -2.13. The number of nitrogens with one attached hydrogen (secondary N) is 1. The van der Waals surface area contributed by atoms with E-state index >= 15 is 0 Å². The van der Waals surface area contributed by atoms with E-state index in [0.717, 1.165) is 5.56 Å². The van der Waals surface area contributed by atoms with Gasteiger partial charge in [0.05, 0.1) is 12.1 Å². The molecule has 1 aromatic rings. The van der Waals surface area contributed by atoms with Gasteiger partial charge in [0.25, 0.3) is 0 Å². The quantitative estimate of drug-likeness (QED) is 0.576. The molecule has 0 atom stereocenters. The van der Waals surface area contributed by atoms with Crippen molar-refractivity contribution in [1.82, 2.24) is 5.32 Å². The van der Waals surface area contributed by atoms with Gasteiger partial charge in [-0.1, -0.05) is 18.1 Å². The van der Waals surface area contributed by atoms with E-state index < -0.39 is 5.97 Å². The van der Waals surface area contributed by atoms with Gasteiger partial charge in [0, 0.05) is 6.54 Å². The van der Waals surface area contributed by atoms with Crippen LogP contribution in [0.3, 0.4) is 0 Å². The lowest BCUT2D eigenvalue weighted by molar-refractivity contribution is 0.0697. The monoisotopic (exact) mass is 203 g/mol. The van der Waals surface area contributed by atoms with Crippen LogP contribution in [0.5, 0.6) is 0 Å². The molecule has 0 aromatic heterocycles. The molecule has 0 amide bonds. The molecule has 0 aliphatic rings. The van der Waals surface area contributed by atoms with Crippen molar-refractivity contribution in [1.29, 1.82) is 0 Å². The first kappa shape index (κ1) is 11.3. The highest BCUT2D eigenvalue weighted by atomic mass is 16.4. The van der Waals surface area contributed by atoms with E-state index in [-0.39, 0.29) is 0 Å². The highest BCUT2D eigenvalue weighted by Gasteiger charge is 2.02. The van der Waals surface area contributed by atoms with Crippen LogP contribution in [0.4, 0.5) is 0 Å². The fourth-order valence-electron chi connectivity index (χ4n) is 1.17. The smallest absolute Gasteiger partial charge is 0.335 e. The van der Waals surface area contributed by atoms with Crippen molar-refractivity contribution in [2.24, 2.45) is 0 Å². The normalized spacial score (nSPS) is 9.13. The van der Waals surface area contributed by atoms with Crippen molar-refractivity contribution in [3.05, 3.63) is 35.4 Å². The number of aromatic carboxylic acids is 1. The molecule has 1 aromatic carbocycles. The molecule has 0 aliphatic heterocycles. The second-order valence-corrected chi connectivity index (χ2v) is 3.04. The van der Waals surface area contributed by atoms with Crippen LogP contribution in [-0.2, 0) is 6.54 Å². The van der Waals surface area contributed by atoms with Crippen LogP contribution in [0.2, 0.25) is 0 Å². The highest BCUT2D eigenvalue weighted by molar-refractivity contribution is 5.87. The van der Waals surface area contributed by atoms with Crippen LogP contribution in [0.1, 0.15) is 22.8 Å². The molecule has 0 radical (unpaired) electrons. The zero-order valence-corrected chi connectivity index (χ0v) is 8.58. The molecule has 0 aliphatic carbocycles. The van der Waals surface area contributed by atoms with Gasteiger partial charge in [-0.3, -0.25) is 0 Å². The fraction of sp³-hybridized carbons (Fsp3) is 0.250. The van der Waals surface area contributed by atoms with E-state index in [4.69, 9.17) is 5.11 Å². The Balaban J connectivity index is 2.56. The van der Waals surface area contributed by atoms with Crippen molar-refractivity contribution in [3.8, 4) is 11.8 Å². The molecular formula is C12H13NO2. The maximum absolute atomic E-state index is 10.7. The SMILES string of the molecule is CC#CCNCc1cccc(C(=O)O)c1. The van der Waals surface area contributed by atoms with Gasteiger partial charge in [-0.25, -0.2) is 4.79 Å². The summed E-state index contributed by atoms with van der Waals surface area (Å²) in [7, 11) is 0.